The molecule has 4 heteroatoms. The maximum Gasteiger partial charge on any atom is 0.306 e. The lowest BCUT2D eigenvalue weighted by Gasteiger charge is -2.13. The van der Waals surface area contributed by atoms with Gasteiger partial charge in [0.1, 0.15) is 11.5 Å². The molecular formula is C20H24O4. The Hall–Kier alpha value is -2.49. The first-order valence-electron chi connectivity index (χ1n) is 8.34. The Morgan fingerprint density at radius 1 is 0.792 bits per heavy atom. The minimum Gasteiger partial charge on any atom is -0.494 e. The van der Waals surface area contributed by atoms with Crippen LogP contribution in [0.2, 0.25) is 0 Å². The number of rotatable bonds is 11. The Labute approximate surface area is 143 Å². The second-order valence-corrected chi connectivity index (χ2v) is 5.64. The van der Waals surface area contributed by atoms with Crippen LogP contribution in [0, 0.1) is 5.92 Å². The fraction of sp³-hybridized carbons (Fsp3) is 0.350. The highest BCUT2D eigenvalue weighted by Crippen LogP contribution is 2.16. The molecule has 0 heterocycles. The van der Waals surface area contributed by atoms with Gasteiger partial charge in [-0.25, -0.2) is 0 Å². The molecule has 0 saturated heterocycles. The summed E-state index contributed by atoms with van der Waals surface area (Å²) in [5.41, 5.74) is 0. The Kier molecular flexibility index (Phi) is 7.68. The van der Waals surface area contributed by atoms with Gasteiger partial charge in [0.15, 0.2) is 0 Å². The van der Waals surface area contributed by atoms with Crippen LogP contribution in [0.3, 0.4) is 0 Å². The molecule has 0 unspecified atom stereocenters. The number of carbonyl (C=O) groups is 1. The maximum atomic E-state index is 11.3. The van der Waals surface area contributed by atoms with Gasteiger partial charge in [0.2, 0.25) is 0 Å². The molecule has 0 aliphatic carbocycles. The molecule has 0 aliphatic heterocycles. The molecule has 0 spiro atoms. The van der Waals surface area contributed by atoms with Crippen molar-refractivity contribution in [3.8, 4) is 11.5 Å². The van der Waals surface area contributed by atoms with E-state index in [1.807, 2.05) is 60.7 Å². The Bertz CT molecular complexity index is 536. The van der Waals surface area contributed by atoms with Gasteiger partial charge in [-0.15, -0.1) is 0 Å². The molecule has 2 rings (SSSR count). The molecule has 0 aromatic heterocycles. The maximum absolute atomic E-state index is 11.3. The average molecular weight is 328 g/mol. The summed E-state index contributed by atoms with van der Waals surface area (Å²) in [6.45, 7) is 1.07. The summed E-state index contributed by atoms with van der Waals surface area (Å²) in [6, 6.07) is 19.1. The van der Waals surface area contributed by atoms with Crippen molar-refractivity contribution in [1.82, 2.24) is 0 Å². The van der Waals surface area contributed by atoms with E-state index in [1.54, 1.807) is 0 Å². The zero-order chi connectivity index (χ0) is 17.0. The molecule has 2 aromatic carbocycles. The van der Waals surface area contributed by atoms with Gasteiger partial charge in [0, 0.05) is 0 Å². The summed E-state index contributed by atoms with van der Waals surface area (Å²) in [6.07, 6.45) is 2.69. The predicted octanol–water partition coefficient (Wildman–Crippen LogP) is 4.41. The third-order valence-electron chi connectivity index (χ3n) is 3.77. The fourth-order valence-corrected chi connectivity index (χ4v) is 2.46. The van der Waals surface area contributed by atoms with E-state index in [9.17, 15) is 9.90 Å². The summed E-state index contributed by atoms with van der Waals surface area (Å²) in [5, 5.41) is 9.32. The van der Waals surface area contributed by atoms with E-state index in [2.05, 4.69) is 0 Å². The van der Waals surface area contributed by atoms with E-state index in [-0.39, 0.29) is 5.92 Å². The highest BCUT2D eigenvalue weighted by atomic mass is 16.5. The highest BCUT2D eigenvalue weighted by molar-refractivity contribution is 5.69. The Morgan fingerprint density at radius 3 is 1.58 bits per heavy atom. The third kappa shape index (κ3) is 6.73. The van der Waals surface area contributed by atoms with Crippen molar-refractivity contribution in [3.05, 3.63) is 60.7 Å². The summed E-state index contributed by atoms with van der Waals surface area (Å²) in [7, 11) is 0. The van der Waals surface area contributed by atoms with Crippen molar-refractivity contribution in [2.75, 3.05) is 13.2 Å². The number of carboxylic acids is 1. The molecule has 1 N–H and O–H groups in total. The molecular weight excluding hydrogens is 304 g/mol. The zero-order valence-electron chi connectivity index (χ0n) is 13.8. The minimum atomic E-state index is -0.741. The van der Waals surface area contributed by atoms with Crippen LogP contribution in [-0.2, 0) is 4.79 Å². The van der Waals surface area contributed by atoms with E-state index in [4.69, 9.17) is 9.47 Å². The van der Waals surface area contributed by atoms with E-state index in [1.165, 1.54) is 0 Å². The van der Waals surface area contributed by atoms with Crippen molar-refractivity contribution >= 4 is 5.97 Å². The Morgan fingerprint density at radius 2 is 1.21 bits per heavy atom. The number of ether oxygens (including phenoxy) is 2. The largest absolute Gasteiger partial charge is 0.494 e. The van der Waals surface area contributed by atoms with Gasteiger partial charge in [-0.1, -0.05) is 36.4 Å². The van der Waals surface area contributed by atoms with Crippen molar-refractivity contribution in [3.63, 3.8) is 0 Å². The molecule has 0 saturated carbocycles. The number of benzene rings is 2. The Balaban J connectivity index is 1.61. The van der Waals surface area contributed by atoms with Crippen LogP contribution < -0.4 is 9.47 Å². The lowest BCUT2D eigenvalue weighted by Crippen LogP contribution is -2.16. The van der Waals surface area contributed by atoms with Crippen LogP contribution in [-0.4, -0.2) is 24.3 Å². The summed E-state index contributed by atoms with van der Waals surface area (Å²) in [5.74, 6) is 0.555. The van der Waals surface area contributed by atoms with Crippen LogP contribution in [0.1, 0.15) is 25.7 Å². The SMILES string of the molecule is O=C(O)C(CCCOc1ccccc1)CCCOc1ccccc1. The van der Waals surface area contributed by atoms with Crippen molar-refractivity contribution in [2.45, 2.75) is 25.7 Å². The minimum absolute atomic E-state index is 0.344. The van der Waals surface area contributed by atoms with E-state index in [0.29, 0.717) is 26.1 Å². The smallest absolute Gasteiger partial charge is 0.306 e. The first kappa shape index (κ1) is 17.9. The number of carboxylic acid groups (broad SMARTS) is 1. The third-order valence-corrected chi connectivity index (χ3v) is 3.77. The zero-order valence-corrected chi connectivity index (χ0v) is 13.8. The molecule has 24 heavy (non-hydrogen) atoms. The van der Waals surface area contributed by atoms with Crippen LogP contribution in [0.25, 0.3) is 0 Å². The van der Waals surface area contributed by atoms with Gasteiger partial charge in [0.05, 0.1) is 19.1 Å². The number of hydrogen-bond acceptors (Lipinski definition) is 3. The molecule has 0 amide bonds. The standard InChI is InChI=1S/C20H24O4/c21-20(22)17(9-7-15-23-18-11-3-1-4-12-18)10-8-16-24-19-13-5-2-6-14-19/h1-6,11-14,17H,7-10,15-16H2,(H,21,22). The summed E-state index contributed by atoms with van der Waals surface area (Å²) < 4.78 is 11.2. The van der Waals surface area contributed by atoms with Crippen LogP contribution in [0.4, 0.5) is 0 Å². The second kappa shape index (κ2) is 10.3. The van der Waals surface area contributed by atoms with E-state index < -0.39 is 5.97 Å². The van der Waals surface area contributed by atoms with E-state index in [0.717, 1.165) is 24.3 Å². The lowest BCUT2D eigenvalue weighted by molar-refractivity contribution is -0.142. The van der Waals surface area contributed by atoms with Gasteiger partial charge in [0.25, 0.3) is 0 Å². The summed E-state index contributed by atoms with van der Waals surface area (Å²) >= 11 is 0. The number of para-hydroxylation sites is 2. The highest BCUT2D eigenvalue weighted by Gasteiger charge is 2.16. The average Bonchev–Trinajstić information content (AvgIpc) is 2.62. The normalized spacial score (nSPS) is 10.5. The van der Waals surface area contributed by atoms with Gasteiger partial charge >= 0.3 is 5.97 Å². The van der Waals surface area contributed by atoms with Crippen molar-refractivity contribution in [2.24, 2.45) is 5.92 Å². The lowest BCUT2D eigenvalue weighted by atomic mass is 9.98. The van der Waals surface area contributed by atoms with Gasteiger partial charge in [-0.05, 0) is 49.9 Å². The van der Waals surface area contributed by atoms with Crippen LogP contribution >= 0.6 is 0 Å². The molecule has 128 valence electrons. The fourth-order valence-electron chi connectivity index (χ4n) is 2.46. The quantitative estimate of drug-likeness (QED) is 0.621. The molecule has 0 aliphatic rings. The van der Waals surface area contributed by atoms with Crippen molar-refractivity contribution in [1.29, 1.82) is 0 Å². The monoisotopic (exact) mass is 328 g/mol. The molecule has 4 nitrogen and oxygen atoms in total. The van der Waals surface area contributed by atoms with Gasteiger partial charge < -0.3 is 14.6 Å². The van der Waals surface area contributed by atoms with Gasteiger partial charge in [-0.3, -0.25) is 4.79 Å². The summed E-state index contributed by atoms with van der Waals surface area (Å²) in [4.78, 5) is 11.3. The molecule has 0 atom stereocenters. The second-order valence-electron chi connectivity index (χ2n) is 5.64. The molecule has 0 radical (unpaired) electrons. The van der Waals surface area contributed by atoms with Crippen LogP contribution in [0.15, 0.2) is 60.7 Å². The first-order valence-corrected chi connectivity index (χ1v) is 8.34. The molecule has 0 fully saturated rings. The first-order chi connectivity index (χ1) is 11.8. The number of hydrogen-bond donors (Lipinski definition) is 1. The molecule has 2 aromatic rings. The predicted molar refractivity (Wildman–Crippen MR) is 93.5 cm³/mol. The van der Waals surface area contributed by atoms with Crippen molar-refractivity contribution < 1.29 is 19.4 Å². The van der Waals surface area contributed by atoms with E-state index >= 15 is 0 Å². The van der Waals surface area contributed by atoms with Crippen LogP contribution in [0.5, 0.6) is 11.5 Å². The number of aliphatic carboxylic acids is 1. The molecule has 0 bridgehead atoms. The topological polar surface area (TPSA) is 55.8 Å². The van der Waals surface area contributed by atoms with Gasteiger partial charge in [-0.2, -0.15) is 0 Å².